The highest BCUT2D eigenvalue weighted by molar-refractivity contribution is 9.10. The van der Waals surface area contributed by atoms with Gasteiger partial charge in [0.05, 0.1) is 0 Å². The third kappa shape index (κ3) is 4.67. The minimum Gasteiger partial charge on any atom is -0.476 e. The highest BCUT2D eigenvalue weighted by atomic mass is 79.9. The van der Waals surface area contributed by atoms with Crippen LogP contribution in [0.2, 0.25) is 0 Å². The molecule has 1 saturated heterocycles. The summed E-state index contributed by atoms with van der Waals surface area (Å²) in [6.45, 7) is 3.90. The van der Waals surface area contributed by atoms with Crippen LogP contribution in [0.15, 0.2) is 41.0 Å². The normalized spacial score (nSPS) is 15.3. The van der Waals surface area contributed by atoms with E-state index in [-0.39, 0.29) is 18.1 Å². The Labute approximate surface area is 154 Å². The van der Waals surface area contributed by atoms with E-state index in [1.165, 1.54) is 22.5 Å². The fraction of sp³-hybridized carbons (Fsp3) is 0.353. The molecule has 8 heteroatoms. The molecular formula is C17H19BrN4O3. The van der Waals surface area contributed by atoms with E-state index in [0.717, 1.165) is 24.1 Å². The molecule has 1 fully saturated rings. The first-order chi connectivity index (χ1) is 12.0. The van der Waals surface area contributed by atoms with Gasteiger partial charge in [0.25, 0.3) is 0 Å². The van der Waals surface area contributed by atoms with Gasteiger partial charge >= 0.3 is 5.97 Å². The molecule has 1 aliphatic heterocycles. The molecule has 1 amide bonds. The lowest BCUT2D eigenvalue weighted by molar-refractivity contribution is -0.133. The topological polar surface area (TPSA) is 78.7 Å². The third-order valence-corrected chi connectivity index (χ3v) is 4.67. The summed E-state index contributed by atoms with van der Waals surface area (Å²) in [6, 6.07) is 9.63. The van der Waals surface area contributed by atoms with Crippen LogP contribution in [0.5, 0.6) is 0 Å². The fourth-order valence-corrected chi connectivity index (χ4v) is 3.30. The molecule has 2 heterocycles. The minimum atomic E-state index is -1.09. The molecule has 0 unspecified atom stereocenters. The van der Waals surface area contributed by atoms with Crippen LogP contribution in [0.1, 0.15) is 16.1 Å². The number of piperazine rings is 1. The molecule has 1 aliphatic rings. The average Bonchev–Trinajstić information content (AvgIpc) is 3.04. The number of carbonyl (C=O) groups excluding carboxylic acids is 1. The van der Waals surface area contributed by atoms with Crippen molar-refractivity contribution in [3.63, 3.8) is 0 Å². The molecule has 1 N–H and O–H groups in total. The summed E-state index contributed by atoms with van der Waals surface area (Å²) in [4.78, 5) is 27.3. The first-order valence-corrected chi connectivity index (χ1v) is 8.82. The Morgan fingerprint density at radius 3 is 2.56 bits per heavy atom. The van der Waals surface area contributed by atoms with Crippen LogP contribution in [0.3, 0.4) is 0 Å². The van der Waals surface area contributed by atoms with Gasteiger partial charge in [0.1, 0.15) is 6.54 Å². The van der Waals surface area contributed by atoms with E-state index >= 15 is 0 Å². The van der Waals surface area contributed by atoms with Gasteiger partial charge in [0.2, 0.25) is 5.91 Å². The number of hydrogen-bond acceptors (Lipinski definition) is 4. The molecule has 0 saturated carbocycles. The number of rotatable bonds is 5. The van der Waals surface area contributed by atoms with Crippen molar-refractivity contribution in [3.8, 4) is 0 Å². The second-order valence-electron chi connectivity index (χ2n) is 5.99. The highest BCUT2D eigenvalue weighted by Gasteiger charge is 2.21. The lowest BCUT2D eigenvalue weighted by Crippen LogP contribution is -2.49. The molecule has 0 spiro atoms. The van der Waals surface area contributed by atoms with Crippen molar-refractivity contribution < 1.29 is 14.7 Å². The molecule has 132 valence electrons. The predicted octanol–water partition coefficient (Wildman–Crippen LogP) is 1.69. The summed E-state index contributed by atoms with van der Waals surface area (Å²) in [7, 11) is 0. The van der Waals surface area contributed by atoms with Gasteiger partial charge < -0.3 is 10.0 Å². The standard InChI is InChI=1S/C17H19BrN4O3/c18-14-3-1-2-13(10-14)11-20-6-8-21(9-7-20)16(23)12-22-5-4-15(19-22)17(24)25/h1-5,10H,6-9,11-12H2,(H,24,25). The molecule has 0 aliphatic carbocycles. The highest BCUT2D eigenvalue weighted by Crippen LogP contribution is 2.14. The zero-order chi connectivity index (χ0) is 17.8. The SMILES string of the molecule is O=C(O)c1ccn(CC(=O)N2CCN(Cc3cccc(Br)c3)CC2)n1. The Hall–Kier alpha value is -2.19. The van der Waals surface area contributed by atoms with Gasteiger partial charge in [0, 0.05) is 43.4 Å². The fourth-order valence-electron chi connectivity index (χ4n) is 2.85. The summed E-state index contributed by atoms with van der Waals surface area (Å²) in [6.07, 6.45) is 1.52. The molecule has 1 aromatic carbocycles. The monoisotopic (exact) mass is 406 g/mol. The molecule has 3 rings (SSSR count). The molecule has 0 bridgehead atoms. The molecule has 7 nitrogen and oxygen atoms in total. The molecule has 0 atom stereocenters. The Bertz CT molecular complexity index is 769. The number of benzene rings is 1. The molecular weight excluding hydrogens is 388 g/mol. The van der Waals surface area contributed by atoms with Crippen LogP contribution in [0.25, 0.3) is 0 Å². The summed E-state index contributed by atoms with van der Waals surface area (Å²) in [5.41, 5.74) is 1.19. The predicted molar refractivity (Wildman–Crippen MR) is 95.2 cm³/mol. The number of carboxylic acid groups (broad SMARTS) is 1. The van der Waals surface area contributed by atoms with Crippen molar-refractivity contribution >= 4 is 27.8 Å². The Morgan fingerprint density at radius 2 is 1.92 bits per heavy atom. The summed E-state index contributed by atoms with van der Waals surface area (Å²) in [5, 5.41) is 12.7. The van der Waals surface area contributed by atoms with Crippen LogP contribution < -0.4 is 0 Å². The van der Waals surface area contributed by atoms with E-state index in [4.69, 9.17) is 5.11 Å². The smallest absolute Gasteiger partial charge is 0.356 e. The van der Waals surface area contributed by atoms with Crippen LogP contribution in [-0.2, 0) is 17.9 Å². The number of halogens is 1. The van der Waals surface area contributed by atoms with Gasteiger partial charge in [-0.25, -0.2) is 4.79 Å². The van der Waals surface area contributed by atoms with Gasteiger partial charge in [-0.3, -0.25) is 14.4 Å². The number of carbonyl (C=O) groups is 2. The van der Waals surface area contributed by atoms with Gasteiger partial charge in [-0.1, -0.05) is 28.1 Å². The number of aromatic carboxylic acids is 1. The van der Waals surface area contributed by atoms with Crippen molar-refractivity contribution in [1.82, 2.24) is 19.6 Å². The largest absolute Gasteiger partial charge is 0.476 e. The van der Waals surface area contributed by atoms with E-state index in [9.17, 15) is 9.59 Å². The zero-order valence-corrected chi connectivity index (χ0v) is 15.2. The maximum atomic E-state index is 12.3. The van der Waals surface area contributed by atoms with Crippen LogP contribution in [-0.4, -0.2) is 62.7 Å². The second-order valence-corrected chi connectivity index (χ2v) is 6.91. The maximum absolute atomic E-state index is 12.3. The van der Waals surface area contributed by atoms with Gasteiger partial charge in [-0.2, -0.15) is 5.10 Å². The Kier molecular flexibility index (Phi) is 5.50. The number of amides is 1. The van der Waals surface area contributed by atoms with E-state index in [1.807, 2.05) is 12.1 Å². The number of hydrogen-bond donors (Lipinski definition) is 1. The van der Waals surface area contributed by atoms with Gasteiger partial charge in [0.15, 0.2) is 5.69 Å². The number of aromatic nitrogens is 2. The van der Waals surface area contributed by atoms with Crippen molar-refractivity contribution in [1.29, 1.82) is 0 Å². The van der Waals surface area contributed by atoms with E-state index in [1.54, 1.807) is 4.90 Å². The van der Waals surface area contributed by atoms with Crippen molar-refractivity contribution in [2.75, 3.05) is 26.2 Å². The lowest BCUT2D eigenvalue weighted by atomic mass is 10.2. The Balaban J connectivity index is 1.49. The number of carboxylic acids is 1. The summed E-state index contributed by atoms with van der Waals surface area (Å²) in [5.74, 6) is -1.13. The molecule has 2 aromatic rings. The second kappa shape index (κ2) is 7.79. The zero-order valence-electron chi connectivity index (χ0n) is 13.6. The molecule has 1 aromatic heterocycles. The summed E-state index contributed by atoms with van der Waals surface area (Å²) >= 11 is 3.48. The van der Waals surface area contributed by atoms with Crippen molar-refractivity contribution in [2.45, 2.75) is 13.1 Å². The van der Waals surface area contributed by atoms with Gasteiger partial charge in [-0.15, -0.1) is 0 Å². The third-order valence-electron chi connectivity index (χ3n) is 4.18. The minimum absolute atomic E-state index is 0.0397. The van der Waals surface area contributed by atoms with Gasteiger partial charge in [-0.05, 0) is 23.8 Å². The molecule has 0 radical (unpaired) electrons. The Morgan fingerprint density at radius 1 is 1.16 bits per heavy atom. The van der Waals surface area contributed by atoms with E-state index < -0.39 is 5.97 Å². The number of nitrogens with zero attached hydrogens (tertiary/aromatic N) is 4. The quantitative estimate of drug-likeness (QED) is 0.816. The first kappa shape index (κ1) is 17.6. The summed E-state index contributed by atoms with van der Waals surface area (Å²) < 4.78 is 2.44. The van der Waals surface area contributed by atoms with Crippen molar-refractivity contribution in [2.24, 2.45) is 0 Å². The van der Waals surface area contributed by atoms with Crippen LogP contribution in [0, 0.1) is 0 Å². The average molecular weight is 407 g/mol. The molecule has 25 heavy (non-hydrogen) atoms. The van der Waals surface area contributed by atoms with E-state index in [0.29, 0.717) is 13.1 Å². The first-order valence-electron chi connectivity index (χ1n) is 8.02. The maximum Gasteiger partial charge on any atom is 0.356 e. The van der Waals surface area contributed by atoms with Crippen LogP contribution in [0.4, 0.5) is 0 Å². The van der Waals surface area contributed by atoms with Crippen LogP contribution >= 0.6 is 15.9 Å². The lowest BCUT2D eigenvalue weighted by Gasteiger charge is -2.34. The van der Waals surface area contributed by atoms with E-state index in [2.05, 4.69) is 38.1 Å². The van der Waals surface area contributed by atoms with Crippen molar-refractivity contribution in [3.05, 3.63) is 52.3 Å².